The lowest BCUT2D eigenvalue weighted by Gasteiger charge is -2.09. The van der Waals surface area contributed by atoms with Gasteiger partial charge in [0, 0.05) is 17.3 Å². The molecule has 0 bridgehead atoms. The highest BCUT2D eigenvalue weighted by Gasteiger charge is 2.22. The predicted octanol–water partition coefficient (Wildman–Crippen LogP) is 3.27. The van der Waals surface area contributed by atoms with Gasteiger partial charge in [0.25, 0.3) is 0 Å². The van der Waals surface area contributed by atoms with Gasteiger partial charge in [0.2, 0.25) is 0 Å². The largest absolute Gasteiger partial charge is 0.383 e. The normalized spacial score (nSPS) is 10.7. The van der Waals surface area contributed by atoms with E-state index in [0.29, 0.717) is 0 Å². The first kappa shape index (κ1) is 14.0. The summed E-state index contributed by atoms with van der Waals surface area (Å²) in [7, 11) is 0. The Morgan fingerprint density at radius 3 is 2.10 bits per heavy atom. The molecule has 0 aliphatic heterocycles. The molecule has 0 unspecified atom stereocenters. The summed E-state index contributed by atoms with van der Waals surface area (Å²) in [4.78, 5) is 3.69. The molecular formula is C13H9F4N3. The molecule has 0 amide bonds. The topological polar surface area (TPSA) is 62.8 Å². The molecule has 1 aromatic carbocycles. The van der Waals surface area contributed by atoms with Crippen LogP contribution in [0.1, 0.15) is 12.5 Å². The van der Waals surface area contributed by atoms with E-state index in [1.54, 1.807) is 0 Å². The molecule has 0 atom stereocenters. The smallest absolute Gasteiger partial charge is 0.171 e. The van der Waals surface area contributed by atoms with Crippen LogP contribution in [0.5, 0.6) is 0 Å². The molecule has 3 N–H and O–H groups in total. The summed E-state index contributed by atoms with van der Waals surface area (Å²) in [6.07, 6.45) is 0. The Balaban J connectivity index is 2.69. The highest BCUT2D eigenvalue weighted by Crippen LogP contribution is 2.29. The Labute approximate surface area is 111 Å². The molecule has 7 heteroatoms. The van der Waals surface area contributed by atoms with E-state index in [1.807, 2.05) is 0 Å². The van der Waals surface area contributed by atoms with Crippen molar-refractivity contribution in [1.29, 1.82) is 5.41 Å². The van der Waals surface area contributed by atoms with Crippen LogP contribution in [0.4, 0.5) is 23.4 Å². The van der Waals surface area contributed by atoms with Crippen molar-refractivity contribution in [1.82, 2.24) is 4.98 Å². The number of nitrogens with zero attached hydrogens (tertiary/aromatic N) is 1. The van der Waals surface area contributed by atoms with Crippen LogP contribution in [0, 0.1) is 28.7 Å². The second-order valence-electron chi connectivity index (χ2n) is 4.10. The molecule has 1 aromatic heterocycles. The zero-order valence-electron chi connectivity index (χ0n) is 10.3. The molecule has 0 spiro atoms. The Bertz CT molecular complexity index is 687. The molecule has 104 valence electrons. The number of nitrogens with one attached hydrogen (secondary N) is 1. The summed E-state index contributed by atoms with van der Waals surface area (Å²) in [5, 5.41) is 7.42. The van der Waals surface area contributed by atoms with Crippen LogP contribution in [-0.2, 0) is 0 Å². The van der Waals surface area contributed by atoms with Gasteiger partial charge in [-0.05, 0) is 19.1 Å². The lowest BCUT2D eigenvalue weighted by Crippen LogP contribution is -2.05. The van der Waals surface area contributed by atoms with Gasteiger partial charge in [-0.1, -0.05) is 0 Å². The maximum atomic E-state index is 13.6. The van der Waals surface area contributed by atoms with Gasteiger partial charge in [0.05, 0.1) is 11.3 Å². The summed E-state index contributed by atoms with van der Waals surface area (Å²) in [6, 6.07) is 2.57. The number of aromatic nitrogens is 1. The number of pyridine rings is 1. The predicted molar refractivity (Wildman–Crippen MR) is 66.4 cm³/mol. The van der Waals surface area contributed by atoms with E-state index in [4.69, 9.17) is 11.1 Å². The maximum absolute atomic E-state index is 13.6. The number of rotatable bonds is 2. The third kappa shape index (κ3) is 2.22. The Morgan fingerprint density at radius 2 is 1.65 bits per heavy atom. The molecule has 0 fully saturated rings. The zero-order chi connectivity index (χ0) is 15.0. The van der Waals surface area contributed by atoms with Crippen molar-refractivity contribution >= 4 is 11.5 Å². The number of benzene rings is 1. The average Bonchev–Trinajstić information content (AvgIpc) is 2.36. The van der Waals surface area contributed by atoms with Crippen LogP contribution >= 0.6 is 0 Å². The second kappa shape index (κ2) is 4.92. The van der Waals surface area contributed by atoms with Crippen molar-refractivity contribution in [2.24, 2.45) is 0 Å². The van der Waals surface area contributed by atoms with Crippen molar-refractivity contribution in [2.45, 2.75) is 6.92 Å². The van der Waals surface area contributed by atoms with E-state index in [9.17, 15) is 17.6 Å². The molecule has 20 heavy (non-hydrogen) atoms. The maximum Gasteiger partial charge on any atom is 0.171 e. The van der Waals surface area contributed by atoms with Gasteiger partial charge >= 0.3 is 0 Å². The highest BCUT2D eigenvalue weighted by molar-refractivity contribution is 6.00. The summed E-state index contributed by atoms with van der Waals surface area (Å²) in [5.41, 5.74) is 4.65. The third-order valence-electron chi connectivity index (χ3n) is 2.70. The molecule has 0 radical (unpaired) electrons. The van der Waals surface area contributed by atoms with Gasteiger partial charge in [0.1, 0.15) is 5.82 Å². The zero-order valence-corrected chi connectivity index (χ0v) is 10.3. The molecule has 3 nitrogen and oxygen atoms in total. The lowest BCUT2D eigenvalue weighted by atomic mass is 10.1. The minimum absolute atomic E-state index is 0.105. The van der Waals surface area contributed by atoms with Crippen molar-refractivity contribution in [3.63, 3.8) is 0 Å². The molecule has 2 rings (SSSR count). The van der Waals surface area contributed by atoms with Crippen molar-refractivity contribution in [2.75, 3.05) is 5.73 Å². The standard InChI is InChI=1S/C13H9F4N3/c1-5(18)6-2-3-9(20-13(6)19)10-11(16)7(14)4-8(15)12(10)17/h2-4,18H,1H3,(H2,19,20). The summed E-state index contributed by atoms with van der Waals surface area (Å²) >= 11 is 0. The van der Waals surface area contributed by atoms with Crippen LogP contribution in [0.15, 0.2) is 18.2 Å². The van der Waals surface area contributed by atoms with E-state index in [-0.39, 0.29) is 28.9 Å². The van der Waals surface area contributed by atoms with Gasteiger partial charge in [0.15, 0.2) is 23.3 Å². The van der Waals surface area contributed by atoms with Gasteiger partial charge in [-0.15, -0.1) is 0 Å². The molecule has 2 aromatic rings. The number of nitrogens with two attached hydrogens (primary N) is 1. The summed E-state index contributed by atoms with van der Waals surface area (Å²) in [6.45, 7) is 1.45. The monoisotopic (exact) mass is 283 g/mol. The van der Waals surface area contributed by atoms with Crippen LogP contribution < -0.4 is 5.73 Å². The molecule has 0 saturated carbocycles. The van der Waals surface area contributed by atoms with Crippen molar-refractivity contribution in [3.05, 3.63) is 47.0 Å². The van der Waals surface area contributed by atoms with E-state index in [1.165, 1.54) is 13.0 Å². The first-order valence-corrected chi connectivity index (χ1v) is 5.48. The minimum atomic E-state index is -1.55. The van der Waals surface area contributed by atoms with Crippen LogP contribution in [-0.4, -0.2) is 10.7 Å². The first-order valence-electron chi connectivity index (χ1n) is 5.48. The van der Waals surface area contributed by atoms with Crippen molar-refractivity contribution < 1.29 is 17.6 Å². The van der Waals surface area contributed by atoms with Crippen LogP contribution in [0.2, 0.25) is 0 Å². The SMILES string of the molecule is CC(=N)c1ccc(-c2c(F)c(F)cc(F)c2F)nc1N. The lowest BCUT2D eigenvalue weighted by molar-refractivity contribution is 0.458. The Hall–Kier alpha value is -2.44. The van der Waals surface area contributed by atoms with E-state index in [0.717, 1.165) is 6.07 Å². The number of hydrogen-bond acceptors (Lipinski definition) is 3. The fourth-order valence-electron chi connectivity index (χ4n) is 1.73. The van der Waals surface area contributed by atoms with Gasteiger partial charge < -0.3 is 11.1 Å². The van der Waals surface area contributed by atoms with Gasteiger partial charge in [-0.3, -0.25) is 0 Å². The first-order chi connectivity index (χ1) is 9.32. The molecular weight excluding hydrogens is 274 g/mol. The van der Waals surface area contributed by atoms with E-state index in [2.05, 4.69) is 4.98 Å². The molecule has 0 aliphatic carbocycles. The Morgan fingerprint density at radius 1 is 1.10 bits per heavy atom. The van der Waals surface area contributed by atoms with E-state index < -0.39 is 28.8 Å². The summed E-state index contributed by atoms with van der Waals surface area (Å²) in [5.74, 6) is -6.29. The fraction of sp³-hybridized carbons (Fsp3) is 0.0769. The third-order valence-corrected chi connectivity index (χ3v) is 2.70. The molecule has 1 heterocycles. The number of anilines is 1. The van der Waals surface area contributed by atoms with E-state index >= 15 is 0 Å². The Kier molecular flexibility index (Phi) is 3.44. The molecule has 0 saturated heterocycles. The number of halogens is 4. The number of hydrogen-bond donors (Lipinski definition) is 2. The summed E-state index contributed by atoms with van der Waals surface area (Å²) < 4.78 is 53.5. The van der Waals surface area contributed by atoms with Gasteiger partial charge in [-0.25, -0.2) is 22.5 Å². The van der Waals surface area contributed by atoms with Crippen LogP contribution in [0.25, 0.3) is 11.3 Å². The van der Waals surface area contributed by atoms with Gasteiger partial charge in [-0.2, -0.15) is 0 Å². The second-order valence-corrected chi connectivity index (χ2v) is 4.10. The highest BCUT2D eigenvalue weighted by atomic mass is 19.2. The molecule has 0 aliphatic rings. The fourth-order valence-corrected chi connectivity index (χ4v) is 1.73. The van der Waals surface area contributed by atoms with Crippen LogP contribution in [0.3, 0.4) is 0 Å². The number of nitrogen functional groups attached to an aromatic ring is 1. The van der Waals surface area contributed by atoms with Crippen molar-refractivity contribution in [3.8, 4) is 11.3 Å². The quantitative estimate of drug-likeness (QED) is 0.504. The average molecular weight is 283 g/mol. The minimum Gasteiger partial charge on any atom is -0.383 e.